The zero-order valence-electron chi connectivity index (χ0n) is 29.8. The second-order valence-corrected chi connectivity index (χ2v) is 14.2. The van der Waals surface area contributed by atoms with Crippen molar-refractivity contribution in [2.45, 2.75) is 58.6 Å². The molecule has 0 saturated carbocycles. The molecule has 51 heavy (non-hydrogen) atoms. The zero-order chi connectivity index (χ0) is 36.9. The highest BCUT2D eigenvalue weighted by Crippen LogP contribution is 2.46. The maximum absolute atomic E-state index is 12.5. The van der Waals surface area contributed by atoms with Crippen LogP contribution in [0, 0.1) is 6.92 Å². The van der Waals surface area contributed by atoms with Crippen molar-refractivity contribution in [1.82, 2.24) is 20.2 Å². The Bertz CT molecular complexity index is 1910. The second-order valence-electron chi connectivity index (χ2n) is 13.4. The summed E-state index contributed by atoms with van der Waals surface area (Å²) in [5.41, 5.74) is 4.77. The number of fused-ring (bicyclic) bond motifs is 1. The van der Waals surface area contributed by atoms with Gasteiger partial charge in [0.15, 0.2) is 0 Å². The van der Waals surface area contributed by atoms with Crippen LogP contribution in [0.5, 0.6) is 11.5 Å². The lowest BCUT2D eigenvalue weighted by Crippen LogP contribution is -2.46. The van der Waals surface area contributed by atoms with Gasteiger partial charge in [0.05, 0.1) is 41.2 Å². The van der Waals surface area contributed by atoms with E-state index in [-0.39, 0.29) is 18.0 Å². The fourth-order valence-electron chi connectivity index (χ4n) is 6.02. The summed E-state index contributed by atoms with van der Waals surface area (Å²) in [5, 5.41) is 10.8. The Morgan fingerprint density at radius 3 is 2.35 bits per heavy atom. The molecule has 0 atom stereocenters. The van der Waals surface area contributed by atoms with E-state index >= 15 is 0 Å². The van der Waals surface area contributed by atoms with Gasteiger partial charge in [-0.05, 0) is 87.9 Å². The molecule has 0 radical (unpaired) electrons. The summed E-state index contributed by atoms with van der Waals surface area (Å²) in [4.78, 5) is 36.4. The van der Waals surface area contributed by atoms with Crippen LogP contribution in [0.25, 0.3) is 22.0 Å². The number of ether oxygens (including phenoxy) is 3. The van der Waals surface area contributed by atoms with Crippen LogP contribution in [-0.2, 0) is 16.0 Å². The van der Waals surface area contributed by atoms with E-state index in [0.717, 1.165) is 61.0 Å². The molecular weight excluding hydrogens is 691 g/mol. The van der Waals surface area contributed by atoms with E-state index in [0.29, 0.717) is 49.9 Å². The molecule has 270 valence electrons. The number of hydrogen-bond acceptors (Lipinski definition) is 9. The summed E-state index contributed by atoms with van der Waals surface area (Å²) in [6.45, 7) is 13.8. The van der Waals surface area contributed by atoms with Crippen LogP contribution in [-0.4, -0.2) is 72.4 Å². The number of carbonyl (C=O) groups excluding carboxylic acids is 2. The third-order valence-electron chi connectivity index (χ3n) is 8.54. The van der Waals surface area contributed by atoms with E-state index in [1.54, 1.807) is 12.3 Å². The Hall–Kier alpha value is -4.58. The predicted molar refractivity (Wildman–Crippen MR) is 204 cm³/mol. The lowest BCUT2D eigenvalue weighted by molar-refractivity contribution is -0.111. The maximum Gasteiger partial charge on any atom is 0.407 e. The fraction of sp³-hybridized carbons (Fsp3) is 0.368. The second kappa shape index (κ2) is 16.2. The van der Waals surface area contributed by atoms with Gasteiger partial charge in [0.25, 0.3) is 0 Å². The monoisotopic (exact) mass is 734 g/mol. The number of anilines is 3. The number of benzene rings is 3. The molecule has 0 spiro atoms. The van der Waals surface area contributed by atoms with Crippen molar-refractivity contribution in [3.63, 3.8) is 0 Å². The number of nitrogens with one attached hydrogen (secondary N) is 3. The summed E-state index contributed by atoms with van der Waals surface area (Å²) in [6.07, 6.45) is 5.07. The summed E-state index contributed by atoms with van der Waals surface area (Å²) >= 11 is 13.3. The molecule has 3 N–H and O–H groups in total. The molecule has 0 bridgehead atoms. The highest BCUT2D eigenvalue weighted by atomic mass is 35.5. The van der Waals surface area contributed by atoms with Gasteiger partial charge in [-0.2, -0.15) is 0 Å². The topological polar surface area (TPSA) is 127 Å². The summed E-state index contributed by atoms with van der Waals surface area (Å²) < 4.78 is 16.3. The summed E-state index contributed by atoms with van der Waals surface area (Å²) in [5.74, 6) is 0.924. The normalized spacial score (nSPS) is 13.8. The van der Waals surface area contributed by atoms with Gasteiger partial charge in [0, 0.05) is 48.9 Å². The third kappa shape index (κ3) is 9.40. The molecule has 0 aliphatic carbocycles. The number of nitrogens with zero attached hydrogens (tertiary/aromatic N) is 3. The van der Waals surface area contributed by atoms with E-state index in [1.807, 2.05) is 52.0 Å². The van der Waals surface area contributed by atoms with Gasteiger partial charge in [0.1, 0.15) is 17.1 Å². The molecule has 11 nitrogen and oxygen atoms in total. The minimum atomic E-state index is -0.523. The van der Waals surface area contributed by atoms with E-state index in [2.05, 4.69) is 38.5 Å². The molecular formula is C38H44Cl2N6O5. The predicted octanol–water partition coefficient (Wildman–Crippen LogP) is 8.33. The quantitative estimate of drug-likeness (QED) is 0.130. The van der Waals surface area contributed by atoms with Gasteiger partial charge in [-0.15, -0.1) is 0 Å². The molecule has 3 aromatic carbocycles. The Kier molecular flexibility index (Phi) is 12.0. The van der Waals surface area contributed by atoms with Gasteiger partial charge in [0.2, 0.25) is 11.9 Å². The molecule has 2 heterocycles. The van der Waals surface area contributed by atoms with Crippen LogP contribution in [0.3, 0.4) is 0 Å². The fourth-order valence-corrected chi connectivity index (χ4v) is 6.74. The van der Waals surface area contributed by atoms with Crippen LogP contribution in [0.15, 0.2) is 55.3 Å². The highest BCUT2D eigenvalue weighted by Gasteiger charge is 2.24. The standard InChI is InChI=1S/C38H44Cl2N6O5/c1-8-31(47)43-28-18-23(11-14-46-15-12-26(13-16-46)42-37(48)51-38(3,4)5)17-22(2)35(28)45-36-41-21-25-19-24(9-10-27(25)44-36)32-33(39)29(49-6)20-30(50-7)34(32)40/h8-10,17-21,26H,1,11-16H2,2-7H3,(H,42,48)(H,43,47)(H,41,44,45). The van der Waals surface area contributed by atoms with Crippen LogP contribution >= 0.6 is 23.2 Å². The van der Waals surface area contributed by atoms with E-state index in [1.165, 1.54) is 20.3 Å². The van der Waals surface area contributed by atoms with Crippen LogP contribution in [0.4, 0.5) is 22.1 Å². The van der Waals surface area contributed by atoms with E-state index in [4.69, 9.17) is 42.4 Å². The molecule has 1 aliphatic heterocycles. The number of piperidine rings is 1. The number of likely N-dealkylation sites (tertiary alicyclic amines) is 1. The Labute approximate surface area is 308 Å². The van der Waals surface area contributed by atoms with Gasteiger partial charge in [-0.25, -0.2) is 14.8 Å². The number of rotatable bonds is 11. The number of amides is 2. The summed E-state index contributed by atoms with van der Waals surface area (Å²) in [7, 11) is 3.07. The van der Waals surface area contributed by atoms with Gasteiger partial charge < -0.3 is 35.1 Å². The largest absolute Gasteiger partial charge is 0.495 e. The van der Waals surface area contributed by atoms with Crippen molar-refractivity contribution in [2.24, 2.45) is 0 Å². The molecule has 1 aromatic heterocycles. The molecule has 1 saturated heterocycles. The molecule has 5 rings (SSSR count). The number of aryl methyl sites for hydroxylation is 1. The number of aromatic nitrogens is 2. The first-order valence-corrected chi connectivity index (χ1v) is 17.5. The number of hydrogen-bond donors (Lipinski definition) is 3. The first kappa shape index (κ1) is 37.7. The smallest absolute Gasteiger partial charge is 0.407 e. The number of methoxy groups -OCH3 is 2. The van der Waals surface area contributed by atoms with E-state index < -0.39 is 5.60 Å². The average molecular weight is 736 g/mol. The van der Waals surface area contributed by atoms with Crippen molar-refractivity contribution in [1.29, 1.82) is 0 Å². The third-order valence-corrected chi connectivity index (χ3v) is 9.29. The Morgan fingerprint density at radius 1 is 1.04 bits per heavy atom. The van der Waals surface area contributed by atoms with Gasteiger partial charge in [-0.3, -0.25) is 4.79 Å². The highest BCUT2D eigenvalue weighted by molar-refractivity contribution is 6.41. The van der Waals surface area contributed by atoms with Crippen molar-refractivity contribution < 1.29 is 23.8 Å². The lowest BCUT2D eigenvalue weighted by Gasteiger charge is -2.33. The van der Waals surface area contributed by atoms with Crippen LogP contribution in [0.1, 0.15) is 44.7 Å². The Morgan fingerprint density at radius 2 is 1.73 bits per heavy atom. The lowest BCUT2D eigenvalue weighted by atomic mass is 10.0. The number of halogens is 2. The molecule has 1 fully saturated rings. The number of carbonyl (C=O) groups is 2. The van der Waals surface area contributed by atoms with Crippen molar-refractivity contribution in [3.8, 4) is 22.6 Å². The van der Waals surface area contributed by atoms with Gasteiger partial charge in [-0.1, -0.05) is 41.9 Å². The minimum absolute atomic E-state index is 0.0952. The first-order chi connectivity index (χ1) is 24.3. The maximum atomic E-state index is 12.5. The first-order valence-electron chi connectivity index (χ1n) is 16.7. The zero-order valence-corrected chi connectivity index (χ0v) is 31.3. The number of alkyl carbamates (subject to hydrolysis) is 1. The Balaban J connectivity index is 1.31. The van der Waals surface area contributed by atoms with Crippen molar-refractivity contribution in [3.05, 3.63) is 76.4 Å². The van der Waals surface area contributed by atoms with Gasteiger partial charge >= 0.3 is 6.09 Å². The molecule has 13 heteroatoms. The molecule has 0 unspecified atom stereocenters. The average Bonchev–Trinajstić information content (AvgIpc) is 3.08. The molecule has 2 amide bonds. The SMILES string of the molecule is C=CC(=O)Nc1cc(CCN2CCC(NC(=O)OC(C)(C)C)CC2)cc(C)c1Nc1ncc2cc(-c3c(Cl)c(OC)cc(OC)c3Cl)ccc2n1. The van der Waals surface area contributed by atoms with Crippen LogP contribution in [0.2, 0.25) is 10.0 Å². The van der Waals surface area contributed by atoms with E-state index in [9.17, 15) is 9.59 Å². The summed E-state index contributed by atoms with van der Waals surface area (Å²) in [6, 6.07) is 11.5. The minimum Gasteiger partial charge on any atom is -0.495 e. The molecule has 4 aromatic rings. The molecule has 1 aliphatic rings. The van der Waals surface area contributed by atoms with Crippen LogP contribution < -0.4 is 25.4 Å². The van der Waals surface area contributed by atoms with Crippen molar-refractivity contribution >= 4 is 63.4 Å². The van der Waals surface area contributed by atoms with Crippen molar-refractivity contribution in [2.75, 3.05) is 44.5 Å².